The summed E-state index contributed by atoms with van der Waals surface area (Å²) in [5.41, 5.74) is -0.747. The van der Waals surface area contributed by atoms with E-state index >= 15 is 0 Å². The maximum atomic E-state index is 12.2. The van der Waals surface area contributed by atoms with Crippen LogP contribution < -0.4 is 4.74 Å². The van der Waals surface area contributed by atoms with E-state index in [-0.39, 0.29) is 17.5 Å². The number of amides is 1. The Kier molecular flexibility index (Phi) is 5.82. The highest BCUT2D eigenvalue weighted by Gasteiger charge is 2.45. The zero-order valence-corrected chi connectivity index (χ0v) is 18.6. The average molecular weight is 437 g/mol. The molecule has 3 aliphatic rings. The maximum Gasteiger partial charge on any atom is 0.415 e. The van der Waals surface area contributed by atoms with Gasteiger partial charge in [-0.2, -0.15) is 0 Å². The molecule has 1 aromatic rings. The van der Waals surface area contributed by atoms with Crippen LogP contribution in [0.25, 0.3) is 0 Å². The minimum atomic E-state index is -0.489. The smallest absolute Gasteiger partial charge is 0.415 e. The Morgan fingerprint density at radius 3 is 2.32 bits per heavy atom. The van der Waals surface area contributed by atoms with Crippen LogP contribution in [-0.2, 0) is 11.3 Å². The standard InChI is InChI=1S/C20H32N6O5/c1-19(2,3)31-18(27)24-12-10-23(11-13-24)9-8-22-6-4-20(5-7-22)15-25-14-16(26(28)29)21-17(25)30-20/h14H,4-13,15H2,1-3H3. The van der Waals surface area contributed by atoms with Crippen LogP contribution in [0.5, 0.6) is 6.01 Å². The summed E-state index contributed by atoms with van der Waals surface area (Å²) in [6.45, 7) is 13.2. The summed E-state index contributed by atoms with van der Waals surface area (Å²) in [7, 11) is 0. The Bertz CT molecular complexity index is 793. The van der Waals surface area contributed by atoms with Crippen LogP contribution in [0.2, 0.25) is 0 Å². The molecule has 0 bridgehead atoms. The van der Waals surface area contributed by atoms with Gasteiger partial charge in [-0.25, -0.2) is 4.79 Å². The molecule has 0 N–H and O–H groups in total. The number of hydrogen-bond donors (Lipinski definition) is 0. The van der Waals surface area contributed by atoms with Gasteiger partial charge in [0.05, 0.1) is 6.54 Å². The highest BCUT2D eigenvalue weighted by atomic mass is 16.6. The van der Waals surface area contributed by atoms with Crippen LogP contribution in [0.4, 0.5) is 10.6 Å². The number of nitro groups is 1. The van der Waals surface area contributed by atoms with Crippen molar-refractivity contribution in [1.29, 1.82) is 0 Å². The molecule has 2 fully saturated rings. The second-order valence-corrected chi connectivity index (χ2v) is 9.70. The van der Waals surface area contributed by atoms with E-state index in [1.165, 1.54) is 6.20 Å². The van der Waals surface area contributed by atoms with E-state index in [1.54, 1.807) is 9.47 Å². The molecule has 11 heteroatoms. The number of fused-ring (bicyclic) bond motifs is 1. The van der Waals surface area contributed by atoms with E-state index in [0.717, 1.165) is 52.1 Å². The summed E-state index contributed by atoms with van der Waals surface area (Å²) in [5.74, 6) is -0.158. The first-order valence-corrected chi connectivity index (χ1v) is 11.0. The molecule has 0 atom stereocenters. The normalized spacial score (nSPS) is 21.7. The van der Waals surface area contributed by atoms with E-state index in [4.69, 9.17) is 9.47 Å². The Morgan fingerprint density at radius 1 is 1.16 bits per heavy atom. The molecular formula is C20H32N6O5. The van der Waals surface area contributed by atoms with Gasteiger partial charge in [-0.3, -0.25) is 9.47 Å². The Morgan fingerprint density at radius 2 is 1.77 bits per heavy atom. The van der Waals surface area contributed by atoms with E-state index in [9.17, 15) is 14.9 Å². The van der Waals surface area contributed by atoms with E-state index in [2.05, 4.69) is 14.8 Å². The van der Waals surface area contributed by atoms with Gasteiger partial charge in [-0.1, -0.05) is 0 Å². The molecule has 31 heavy (non-hydrogen) atoms. The Labute approximate surface area is 182 Å². The molecule has 172 valence electrons. The molecular weight excluding hydrogens is 404 g/mol. The van der Waals surface area contributed by atoms with Crippen molar-refractivity contribution in [2.75, 3.05) is 52.4 Å². The second kappa shape index (κ2) is 8.27. The molecule has 4 heterocycles. The number of nitrogens with zero attached hydrogens (tertiary/aromatic N) is 6. The fourth-order valence-corrected chi connectivity index (χ4v) is 4.41. The number of ether oxygens (including phenoxy) is 2. The number of carbonyl (C=O) groups is 1. The highest BCUT2D eigenvalue weighted by Crippen LogP contribution is 2.37. The van der Waals surface area contributed by atoms with Crippen LogP contribution in [0.1, 0.15) is 33.6 Å². The van der Waals surface area contributed by atoms with Crippen molar-refractivity contribution >= 4 is 11.9 Å². The molecule has 4 rings (SSSR count). The minimum absolute atomic E-state index is 0.158. The zero-order valence-electron chi connectivity index (χ0n) is 18.6. The lowest BCUT2D eigenvalue weighted by molar-refractivity contribution is -0.389. The van der Waals surface area contributed by atoms with Gasteiger partial charge in [0.15, 0.2) is 0 Å². The van der Waals surface area contributed by atoms with Crippen molar-refractivity contribution in [3.63, 3.8) is 0 Å². The lowest BCUT2D eigenvalue weighted by atomic mass is 9.91. The zero-order chi connectivity index (χ0) is 22.2. The Hall–Kier alpha value is -2.40. The summed E-state index contributed by atoms with van der Waals surface area (Å²) in [4.78, 5) is 33.2. The van der Waals surface area contributed by atoms with Crippen molar-refractivity contribution in [2.45, 2.75) is 51.4 Å². The lowest BCUT2D eigenvalue weighted by Gasteiger charge is -2.39. The van der Waals surface area contributed by atoms with Crippen molar-refractivity contribution in [3.05, 3.63) is 16.3 Å². The SMILES string of the molecule is CC(C)(C)OC(=O)N1CCN(CCN2CCC3(CC2)Cn2cc([N+](=O)[O-])nc2O3)CC1. The molecule has 0 saturated carbocycles. The molecule has 0 aromatic carbocycles. The summed E-state index contributed by atoms with van der Waals surface area (Å²) in [6, 6.07) is 0.364. The van der Waals surface area contributed by atoms with Gasteiger partial charge in [0.1, 0.15) is 17.4 Å². The number of piperazine rings is 1. The predicted molar refractivity (Wildman–Crippen MR) is 112 cm³/mol. The van der Waals surface area contributed by atoms with Gasteiger partial charge >= 0.3 is 17.9 Å². The third kappa shape index (κ3) is 5.09. The summed E-state index contributed by atoms with van der Waals surface area (Å²) in [6.07, 6.45) is 3.01. The number of rotatable bonds is 4. The van der Waals surface area contributed by atoms with Gasteiger partial charge < -0.3 is 29.4 Å². The highest BCUT2D eigenvalue weighted by molar-refractivity contribution is 5.68. The molecule has 2 saturated heterocycles. The average Bonchev–Trinajstić information content (AvgIpc) is 3.23. The number of piperidine rings is 1. The van der Waals surface area contributed by atoms with Gasteiger partial charge in [0.2, 0.25) is 0 Å². The number of aromatic nitrogens is 2. The number of likely N-dealkylation sites (tertiary alicyclic amines) is 1. The minimum Gasteiger partial charge on any atom is -0.444 e. The van der Waals surface area contributed by atoms with Crippen LogP contribution in [-0.4, -0.2) is 98.8 Å². The molecule has 0 aliphatic carbocycles. The second-order valence-electron chi connectivity index (χ2n) is 9.70. The van der Waals surface area contributed by atoms with Gasteiger partial charge in [-0.15, -0.1) is 0 Å². The van der Waals surface area contributed by atoms with Crippen molar-refractivity contribution in [2.24, 2.45) is 0 Å². The molecule has 1 aromatic heterocycles. The van der Waals surface area contributed by atoms with Crippen LogP contribution in [0.15, 0.2) is 6.20 Å². The van der Waals surface area contributed by atoms with Crippen molar-refractivity contribution < 1.29 is 19.2 Å². The topological polar surface area (TPSA) is 106 Å². The quantitative estimate of drug-likeness (QED) is 0.517. The van der Waals surface area contributed by atoms with Crippen molar-refractivity contribution in [3.8, 4) is 6.01 Å². The molecule has 1 amide bonds. The largest absolute Gasteiger partial charge is 0.444 e. The Balaban J connectivity index is 1.17. The number of imidazole rings is 1. The fraction of sp³-hybridized carbons (Fsp3) is 0.800. The predicted octanol–water partition coefficient (Wildman–Crippen LogP) is 1.57. The van der Waals surface area contributed by atoms with E-state index in [1.807, 2.05) is 20.8 Å². The lowest BCUT2D eigenvalue weighted by Crippen LogP contribution is -2.53. The molecule has 1 spiro atoms. The number of carbonyl (C=O) groups excluding carboxylic acids is 1. The van der Waals surface area contributed by atoms with Gasteiger partial charge in [0, 0.05) is 70.2 Å². The summed E-state index contributed by atoms with van der Waals surface area (Å²) < 4.78 is 13.3. The first kappa shape index (κ1) is 21.8. The first-order valence-electron chi connectivity index (χ1n) is 11.0. The third-order valence-electron chi connectivity index (χ3n) is 6.20. The molecule has 0 unspecified atom stereocenters. The number of hydrogen-bond acceptors (Lipinski definition) is 8. The van der Waals surface area contributed by atoms with Crippen molar-refractivity contribution in [1.82, 2.24) is 24.3 Å². The van der Waals surface area contributed by atoms with E-state index in [0.29, 0.717) is 25.6 Å². The van der Waals surface area contributed by atoms with E-state index < -0.39 is 10.5 Å². The molecule has 0 radical (unpaired) electrons. The summed E-state index contributed by atoms with van der Waals surface area (Å²) >= 11 is 0. The third-order valence-corrected chi connectivity index (χ3v) is 6.20. The molecule has 11 nitrogen and oxygen atoms in total. The monoisotopic (exact) mass is 436 g/mol. The van der Waals surface area contributed by atoms with Gasteiger partial charge in [0.25, 0.3) is 0 Å². The maximum absolute atomic E-state index is 12.2. The van der Waals surface area contributed by atoms with Crippen LogP contribution >= 0.6 is 0 Å². The van der Waals surface area contributed by atoms with Gasteiger partial charge in [-0.05, 0) is 25.7 Å². The fourth-order valence-electron chi connectivity index (χ4n) is 4.41. The molecule has 3 aliphatic heterocycles. The summed E-state index contributed by atoms with van der Waals surface area (Å²) in [5, 5.41) is 10.9. The first-order chi connectivity index (χ1) is 14.6. The van der Waals surface area contributed by atoms with Crippen LogP contribution in [0, 0.1) is 10.1 Å². The van der Waals surface area contributed by atoms with Crippen LogP contribution in [0.3, 0.4) is 0 Å².